The minimum absolute atomic E-state index is 0.000661. The summed E-state index contributed by atoms with van der Waals surface area (Å²) in [6.45, 7) is 2.27. The molecule has 0 bridgehead atoms. The van der Waals surface area contributed by atoms with E-state index in [1.807, 2.05) is 6.92 Å². The van der Waals surface area contributed by atoms with Gasteiger partial charge in [0.2, 0.25) is 0 Å². The molecule has 128 valence electrons. The molecular formula is C15H16BrClN4O3. The third kappa shape index (κ3) is 4.48. The maximum atomic E-state index is 11.8. The van der Waals surface area contributed by atoms with Gasteiger partial charge in [-0.25, -0.2) is 4.79 Å². The molecule has 7 nitrogen and oxygen atoms in total. The zero-order chi connectivity index (χ0) is 17.7. The number of hydrogen-bond donors (Lipinski definition) is 1. The van der Waals surface area contributed by atoms with Crippen molar-refractivity contribution in [1.29, 1.82) is 0 Å². The molecule has 1 aromatic heterocycles. The van der Waals surface area contributed by atoms with Gasteiger partial charge < -0.3 is 15.3 Å². The van der Waals surface area contributed by atoms with Crippen LogP contribution in [-0.4, -0.2) is 28.7 Å². The van der Waals surface area contributed by atoms with E-state index in [0.717, 1.165) is 10.2 Å². The van der Waals surface area contributed by atoms with E-state index in [9.17, 15) is 4.79 Å². The average Bonchev–Trinajstić information content (AvgIpc) is 2.89. The number of carbonyl (C=O) groups is 1. The molecule has 0 spiro atoms. The number of aryl methyl sites for hydroxylation is 1. The van der Waals surface area contributed by atoms with E-state index in [4.69, 9.17) is 26.9 Å². The minimum Gasteiger partial charge on any atom is -0.496 e. The Morgan fingerprint density at radius 1 is 1.50 bits per heavy atom. The van der Waals surface area contributed by atoms with Gasteiger partial charge in [0, 0.05) is 10.7 Å². The number of amidine groups is 1. The summed E-state index contributed by atoms with van der Waals surface area (Å²) >= 11 is 9.29. The lowest BCUT2D eigenvalue weighted by Gasteiger charge is -2.08. The first-order chi connectivity index (χ1) is 11.4. The van der Waals surface area contributed by atoms with E-state index in [1.165, 1.54) is 7.11 Å². The predicted octanol–water partition coefficient (Wildman–Crippen LogP) is 2.87. The molecule has 0 fully saturated rings. The first kappa shape index (κ1) is 18.3. The maximum Gasteiger partial charge on any atom is 0.336 e. The number of benzene rings is 1. The van der Waals surface area contributed by atoms with E-state index in [2.05, 4.69) is 26.2 Å². The third-order valence-electron chi connectivity index (χ3n) is 3.25. The molecule has 1 heterocycles. The summed E-state index contributed by atoms with van der Waals surface area (Å²) in [5, 5.41) is 8.25. The van der Waals surface area contributed by atoms with Crippen molar-refractivity contribution in [1.82, 2.24) is 9.78 Å². The Morgan fingerprint density at radius 3 is 2.88 bits per heavy atom. The first-order valence-electron chi connectivity index (χ1n) is 6.97. The Bertz CT molecular complexity index is 776. The summed E-state index contributed by atoms with van der Waals surface area (Å²) in [6, 6.07) is 4.89. The fourth-order valence-electron chi connectivity index (χ4n) is 1.92. The number of methoxy groups -OCH3 is 1. The number of oxime groups is 1. The quantitative estimate of drug-likeness (QED) is 0.339. The summed E-state index contributed by atoms with van der Waals surface area (Å²) < 4.78 is 7.75. The van der Waals surface area contributed by atoms with Gasteiger partial charge in [-0.2, -0.15) is 5.10 Å². The number of rotatable bonds is 6. The minimum atomic E-state index is -0.523. The van der Waals surface area contributed by atoms with Crippen LogP contribution in [0.15, 0.2) is 34.0 Å². The van der Waals surface area contributed by atoms with Crippen molar-refractivity contribution in [2.75, 3.05) is 7.11 Å². The van der Waals surface area contributed by atoms with Crippen molar-refractivity contribution in [3.05, 3.63) is 45.1 Å². The first-order valence-corrected chi connectivity index (χ1v) is 8.14. The van der Waals surface area contributed by atoms with Crippen molar-refractivity contribution < 1.29 is 14.4 Å². The number of nitrogens with zero attached hydrogens (tertiary/aromatic N) is 3. The molecule has 24 heavy (non-hydrogen) atoms. The smallest absolute Gasteiger partial charge is 0.336 e. The molecule has 0 aliphatic heterocycles. The second kappa shape index (κ2) is 8.16. The van der Waals surface area contributed by atoms with Crippen LogP contribution in [0.5, 0.6) is 5.75 Å². The molecule has 0 atom stereocenters. The predicted molar refractivity (Wildman–Crippen MR) is 94.1 cm³/mol. The monoisotopic (exact) mass is 414 g/mol. The van der Waals surface area contributed by atoms with Crippen molar-refractivity contribution in [2.45, 2.75) is 19.9 Å². The summed E-state index contributed by atoms with van der Waals surface area (Å²) in [5.74, 6) is -0.0422. The molecule has 9 heteroatoms. The highest BCUT2D eigenvalue weighted by Gasteiger charge is 2.11. The van der Waals surface area contributed by atoms with Crippen LogP contribution in [0.25, 0.3) is 0 Å². The number of nitrogens with two attached hydrogens (primary N) is 1. The molecule has 0 amide bonds. The zero-order valence-electron chi connectivity index (χ0n) is 13.1. The highest BCUT2D eigenvalue weighted by molar-refractivity contribution is 9.10. The summed E-state index contributed by atoms with van der Waals surface area (Å²) in [7, 11) is 1.50. The Kier molecular flexibility index (Phi) is 6.22. The molecular weight excluding hydrogens is 400 g/mol. The van der Waals surface area contributed by atoms with Gasteiger partial charge in [0.25, 0.3) is 0 Å². The van der Waals surface area contributed by atoms with Crippen molar-refractivity contribution in [3.8, 4) is 5.75 Å². The van der Waals surface area contributed by atoms with Crippen LogP contribution in [-0.2, 0) is 16.2 Å². The van der Waals surface area contributed by atoms with E-state index >= 15 is 0 Å². The second-order valence-electron chi connectivity index (χ2n) is 4.84. The molecule has 0 saturated heterocycles. The Hall–Kier alpha value is -2.06. The Balaban J connectivity index is 1.98. The van der Waals surface area contributed by atoms with Crippen LogP contribution in [0.3, 0.4) is 0 Å². The van der Waals surface area contributed by atoms with Gasteiger partial charge in [0.05, 0.1) is 36.3 Å². The highest BCUT2D eigenvalue weighted by Crippen LogP contribution is 2.22. The van der Waals surface area contributed by atoms with Crippen LogP contribution >= 0.6 is 27.5 Å². The van der Waals surface area contributed by atoms with E-state index in [-0.39, 0.29) is 12.3 Å². The Labute approximate surface area is 152 Å². The van der Waals surface area contributed by atoms with Crippen molar-refractivity contribution in [3.63, 3.8) is 0 Å². The van der Waals surface area contributed by atoms with Crippen molar-refractivity contribution >= 4 is 39.3 Å². The molecule has 1 aromatic carbocycles. The van der Waals surface area contributed by atoms with Gasteiger partial charge in [0.15, 0.2) is 5.84 Å². The molecule has 0 saturated carbocycles. The SMILES string of the molecule is COc1ccc(Cl)cc1/C(N)=N/OC(=O)CCn1ncc(Br)c1C. The van der Waals surface area contributed by atoms with Crippen LogP contribution in [0.2, 0.25) is 5.02 Å². The lowest BCUT2D eigenvalue weighted by atomic mass is 10.2. The fraction of sp³-hybridized carbons (Fsp3) is 0.267. The van der Waals surface area contributed by atoms with Crippen molar-refractivity contribution in [2.24, 2.45) is 10.9 Å². The lowest BCUT2D eigenvalue weighted by Crippen LogP contribution is -2.17. The molecule has 2 aromatic rings. The molecule has 2 rings (SSSR count). The van der Waals surface area contributed by atoms with Gasteiger partial charge in [-0.05, 0) is 41.1 Å². The van der Waals surface area contributed by atoms with E-state index in [0.29, 0.717) is 22.9 Å². The Morgan fingerprint density at radius 2 is 2.25 bits per heavy atom. The molecule has 0 radical (unpaired) electrons. The molecule has 0 aliphatic carbocycles. The van der Waals surface area contributed by atoms with Gasteiger partial charge >= 0.3 is 5.97 Å². The van der Waals surface area contributed by atoms with Gasteiger partial charge in [-0.15, -0.1) is 0 Å². The standard InChI is InChI=1S/C15H16BrClN4O3/c1-9-12(16)8-19-21(9)6-5-14(22)24-20-15(18)11-7-10(17)3-4-13(11)23-2/h3-4,7-8H,5-6H2,1-2H3,(H2,18,20). The van der Waals surface area contributed by atoms with Crippen LogP contribution in [0, 0.1) is 6.92 Å². The number of halogens is 2. The molecule has 0 unspecified atom stereocenters. The lowest BCUT2D eigenvalue weighted by molar-refractivity contribution is -0.144. The molecule has 2 N–H and O–H groups in total. The van der Waals surface area contributed by atoms with Crippen LogP contribution < -0.4 is 10.5 Å². The maximum absolute atomic E-state index is 11.8. The van der Waals surface area contributed by atoms with Crippen LogP contribution in [0.4, 0.5) is 0 Å². The summed E-state index contributed by atoms with van der Waals surface area (Å²) in [5.41, 5.74) is 7.21. The topological polar surface area (TPSA) is 91.7 Å². The largest absolute Gasteiger partial charge is 0.496 e. The number of carbonyl (C=O) groups excluding carboxylic acids is 1. The van der Waals surface area contributed by atoms with Gasteiger partial charge in [-0.3, -0.25) is 4.68 Å². The highest BCUT2D eigenvalue weighted by atomic mass is 79.9. The summed E-state index contributed by atoms with van der Waals surface area (Å²) in [4.78, 5) is 16.6. The molecule has 0 aliphatic rings. The zero-order valence-corrected chi connectivity index (χ0v) is 15.5. The van der Waals surface area contributed by atoms with E-state index < -0.39 is 5.97 Å². The van der Waals surface area contributed by atoms with Gasteiger partial charge in [-0.1, -0.05) is 16.8 Å². The fourth-order valence-corrected chi connectivity index (χ4v) is 2.39. The number of hydrogen-bond acceptors (Lipinski definition) is 5. The number of aromatic nitrogens is 2. The van der Waals surface area contributed by atoms with E-state index in [1.54, 1.807) is 29.1 Å². The average molecular weight is 416 g/mol. The third-order valence-corrected chi connectivity index (χ3v) is 4.27. The number of ether oxygens (including phenoxy) is 1. The second-order valence-corrected chi connectivity index (χ2v) is 6.13. The summed E-state index contributed by atoms with van der Waals surface area (Å²) in [6.07, 6.45) is 1.78. The normalized spacial score (nSPS) is 11.4. The van der Waals surface area contributed by atoms with Gasteiger partial charge in [0.1, 0.15) is 5.75 Å². The van der Waals surface area contributed by atoms with Crippen LogP contribution in [0.1, 0.15) is 17.7 Å².